The van der Waals surface area contributed by atoms with Crippen molar-refractivity contribution in [3.63, 3.8) is 0 Å². The number of carbonyl (C=O) groups excluding carboxylic acids is 1. The molecule has 0 atom stereocenters. The minimum Gasteiger partial charge on any atom is -0.493 e. The third kappa shape index (κ3) is 4.09. The molecule has 0 unspecified atom stereocenters. The molecule has 0 spiro atoms. The molecule has 0 fully saturated rings. The largest absolute Gasteiger partial charge is 0.493 e. The Balaban J connectivity index is 2.20. The van der Waals surface area contributed by atoms with Crippen LogP contribution in [0.15, 0.2) is 36.4 Å². The predicted molar refractivity (Wildman–Crippen MR) is 98.1 cm³/mol. The molecule has 0 heterocycles. The number of rotatable bonds is 5. The number of hydrogen-bond acceptors (Lipinski definition) is 3. The van der Waals surface area contributed by atoms with Crippen LogP contribution in [0.5, 0.6) is 11.5 Å². The molecule has 2 aromatic carbocycles. The maximum Gasteiger partial charge on any atom is 0.248 e. The number of ether oxygens (including phenoxy) is 2. The Bertz CT molecular complexity index is 761. The van der Waals surface area contributed by atoms with E-state index in [9.17, 15) is 4.79 Å². The number of aryl methyl sites for hydroxylation is 2. The van der Waals surface area contributed by atoms with Gasteiger partial charge in [0.25, 0.3) is 0 Å². The zero-order chi connectivity index (χ0) is 17.7. The van der Waals surface area contributed by atoms with Crippen molar-refractivity contribution in [2.24, 2.45) is 0 Å². The Morgan fingerprint density at radius 3 is 2.54 bits per heavy atom. The Morgan fingerprint density at radius 1 is 1.17 bits per heavy atom. The van der Waals surface area contributed by atoms with Crippen molar-refractivity contribution in [1.82, 2.24) is 0 Å². The number of nitrogens with one attached hydrogen (secondary N) is 1. The van der Waals surface area contributed by atoms with Crippen molar-refractivity contribution in [2.45, 2.75) is 13.8 Å². The smallest absolute Gasteiger partial charge is 0.248 e. The Morgan fingerprint density at radius 2 is 1.92 bits per heavy atom. The molecular formula is C19H20ClNO3. The highest BCUT2D eigenvalue weighted by Gasteiger charge is 2.09. The van der Waals surface area contributed by atoms with Gasteiger partial charge in [0.2, 0.25) is 5.91 Å². The quantitative estimate of drug-likeness (QED) is 0.804. The number of halogens is 1. The van der Waals surface area contributed by atoms with E-state index >= 15 is 0 Å². The first kappa shape index (κ1) is 17.9. The third-order valence-corrected chi connectivity index (χ3v) is 3.83. The van der Waals surface area contributed by atoms with Crippen LogP contribution in [0.1, 0.15) is 16.7 Å². The SMILES string of the molecule is COc1cccc(C=CC(=O)Nc2c(C)cc(C)cc2Cl)c1OC. The molecule has 0 aliphatic carbocycles. The Labute approximate surface area is 147 Å². The van der Waals surface area contributed by atoms with Crippen molar-refractivity contribution in [3.8, 4) is 11.5 Å². The van der Waals surface area contributed by atoms with Crippen LogP contribution in [0, 0.1) is 13.8 Å². The summed E-state index contributed by atoms with van der Waals surface area (Å²) in [4.78, 5) is 12.2. The number of para-hydroxylation sites is 1. The van der Waals surface area contributed by atoms with E-state index in [1.54, 1.807) is 26.4 Å². The maximum absolute atomic E-state index is 12.2. The molecule has 0 saturated carbocycles. The lowest BCUT2D eigenvalue weighted by Crippen LogP contribution is -2.09. The van der Waals surface area contributed by atoms with E-state index in [0.717, 1.165) is 16.7 Å². The number of hydrogen-bond donors (Lipinski definition) is 1. The monoisotopic (exact) mass is 345 g/mol. The lowest BCUT2D eigenvalue weighted by Gasteiger charge is -2.11. The van der Waals surface area contributed by atoms with Gasteiger partial charge in [-0.2, -0.15) is 0 Å². The third-order valence-electron chi connectivity index (χ3n) is 3.53. The molecule has 0 saturated heterocycles. The summed E-state index contributed by atoms with van der Waals surface area (Å²) >= 11 is 6.21. The van der Waals surface area contributed by atoms with Crippen LogP contribution in [0.3, 0.4) is 0 Å². The van der Waals surface area contributed by atoms with Crippen LogP contribution in [-0.4, -0.2) is 20.1 Å². The highest BCUT2D eigenvalue weighted by atomic mass is 35.5. The van der Waals surface area contributed by atoms with E-state index in [1.807, 2.05) is 38.1 Å². The molecule has 0 radical (unpaired) electrons. The zero-order valence-corrected chi connectivity index (χ0v) is 14.9. The molecule has 24 heavy (non-hydrogen) atoms. The van der Waals surface area contributed by atoms with Gasteiger partial charge in [0.1, 0.15) is 0 Å². The fourth-order valence-electron chi connectivity index (χ4n) is 2.45. The summed E-state index contributed by atoms with van der Waals surface area (Å²) in [7, 11) is 3.13. The molecule has 1 N–H and O–H groups in total. The molecule has 5 heteroatoms. The molecule has 126 valence electrons. The molecule has 0 aliphatic heterocycles. The standard InChI is InChI=1S/C19H20ClNO3/c1-12-10-13(2)18(15(20)11-12)21-17(22)9-8-14-6-5-7-16(23-3)19(14)24-4/h5-11H,1-4H3,(H,21,22). The summed E-state index contributed by atoms with van der Waals surface area (Å²) in [6.07, 6.45) is 3.11. The number of amides is 1. The van der Waals surface area contributed by atoms with Gasteiger partial charge in [-0.15, -0.1) is 0 Å². The fourth-order valence-corrected chi connectivity index (χ4v) is 2.82. The number of anilines is 1. The van der Waals surface area contributed by atoms with Crippen LogP contribution in [-0.2, 0) is 4.79 Å². The maximum atomic E-state index is 12.2. The minimum atomic E-state index is -0.270. The van der Waals surface area contributed by atoms with Crippen molar-refractivity contribution in [1.29, 1.82) is 0 Å². The molecule has 2 rings (SSSR count). The topological polar surface area (TPSA) is 47.6 Å². The number of benzene rings is 2. The first-order chi connectivity index (χ1) is 11.5. The summed E-state index contributed by atoms with van der Waals surface area (Å²) in [5.74, 6) is 0.916. The van der Waals surface area contributed by atoms with Crippen molar-refractivity contribution in [3.05, 3.63) is 58.1 Å². The van der Waals surface area contributed by atoms with Crippen molar-refractivity contribution >= 4 is 29.3 Å². The molecule has 2 aromatic rings. The molecule has 0 bridgehead atoms. The first-order valence-electron chi connectivity index (χ1n) is 7.43. The van der Waals surface area contributed by atoms with Gasteiger partial charge in [0.05, 0.1) is 24.9 Å². The summed E-state index contributed by atoms with van der Waals surface area (Å²) in [5, 5.41) is 3.33. The number of methoxy groups -OCH3 is 2. The highest BCUT2D eigenvalue weighted by Crippen LogP contribution is 2.31. The van der Waals surface area contributed by atoms with Gasteiger partial charge in [-0.3, -0.25) is 4.79 Å². The van der Waals surface area contributed by atoms with E-state index in [0.29, 0.717) is 22.2 Å². The Hall–Kier alpha value is -2.46. The van der Waals surface area contributed by atoms with E-state index in [4.69, 9.17) is 21.1 Å². The highest BCUT2D eigenvalue weighted by molar-refractivity contribution is 6.34. The van der Waals surface area contributed by atoms with Crippen molar-refractivity contribution < 1.29 is 14.3 Å². The van der Waals surface area contributed by atoms with Crippen LogP contribution in [0.25, 0.3) is 6.08 Å². The van der Waals surface area contributed by atoms with Gasteiger partial charge in [0.15, 0.2) is 11.5 Å². The number of carbonyl (C=O) groups is 1. The van der Waals surface area contributed by atoms with Gasteiger partial charge in [-0.05, 0) is 43.2 Å². The summed E-state index contributed by atoms with van der Waals surface area (Å²) in [5.41, 5.74) is 3.33. The van der Waals surface area contributed by atoms with E-state index in [2.05, 4.69) is 5.32 Å². The van der Waals surface area contributed by atoms with Gasteiger partial charge in [-0.1, -0.05) is 29.8 Å². The minimum absolute atomic E-state index is 0.270. The van der Waals surface area contributed by atoms with Crippen molar-refractivity contribution in [2.75, 3.05) is 19.5 Å². The summed E-state index contributed by atoms with van der Waals surface area (Å²) in [6, 6.07) is 9.26. The first-order valence-corrected chi connectivity index (χ1v) is 7.81. The second kappa shape index (κ2) is 7.88. The lowest BCUT2D eigenvalue weighted by molar-refractivity contribution is -0.111. The fraction of sp³-hybridized carbons (Fsp3) is 0.211. The van der Waals surface area contributed by atoms with Gasteiger partial charge in [0, 0.05) is 11.6 Å². The average Bonchev–Trinajstić information content (AvgIpc) is 2.55. The van der Waals surface area contributed by atoms with Crippen LogP contribution in [0.4, 0.5) is 5.69 Å². The Kier molecular flexibility index (Phi) is 5.88. The van der Waals surface area contributed by atoms with Crippen LogP contribution >= 0.6 is 11.6 Å². The zero-order valence-electron chi connectivity index (χ0n) is 14.1. The summed E-state index contributed by atoms with van der Waals surface area (Å²) in [6.45, 7) is 3.86. The van der Waals surface area contributed by atoms with Gasteiger partial charge in [-0.25, -0.2) is 0 Å². The van der Waals surface area contributed by atoms with Gasteiger partial charge >= 0.3 is 0 Å². The molecular weight excluding hydrogens is 326 g/mol. The van der Waals surface area contributed by atoms with E-state index < -0.39 is 0 Å². The molecule has 1 amide bonds. The second-order valence-electron chi connectivity index (χ2n) is 5.34. The normalized spacial score (nSPS) is 10.7. The molecule has 0 aromatic heterocycles. The predicted octanol–water partition coefficient (Wildman–Crippen LogP) is 4.63. The van der Waals surface area contributed by atoms with E-state index in [-0.39, 0.29) is 5.91 Å². The lowest BCUT2D eigenvalue weighted by atomic mass is 10.1. The van der Waals surface area contributed by atoms with Gasteiger partial charge < -0.3 is 14.8 Å². The van der Waals surface area contributed by atoms with Crippen LogP contribution in [0.2, 0.25) is 5.02 Å². The second-order valence-corrected chi connectivity index (χ2v) is 5.75. The summed E-state index contributed by atoms with van der Waals surface area (Å²) < 4.78 is 10.6. The molecule has 4 nitrogen and oxygen atoms in total. The average molecular weight is 346 g/mol. The van der Waals surface area contributed by atoms with E-state index in [1.165, 1.54) is 6.08 Å². The van der Waals surface area contributed by atoms with Crippen LogP contribution < -0.4 is 14.8 Å². The molecule has 0 aliphatic rings.